The molecule has 0 aromatic carbocycles. The molecule has 0 radical (unpaired) electrons. The molecule has 1 fully saturated rings. The van der Waals surface area contributed by atoms with E-state index in [1.165, 1.54) is 25.9 Å². The maximum Gasteiger partial charge on any atom is 0.560 e. The first kappa shape index (κ1) is 21.1. The number of hydrogen-bond donors (Lipinski definition) is 0. The Labute approximate surface area is 145 Å². The van der Waals surface area contributed by atoms with Crippen LogP contribution in [0.2, 0.25) is 0 Å². The van der Waals surface area contributed by atoms with E-state index in [0.29, 0.717) is 0 Å². The standard InChI is InChI=1S/C18H40NO3Si/c1-16(2,3)20-23(21-17(4,5)6,22-18(7,8)9)15-19(10)13-11-12-14-19/h11-15H2,1-10H3/q+1. The summed E-state index contributed by atoms with van der Waals surface area (Å²) in [4.78, 5) is 0. The Balaban J connectivity index is 3.20. The monoisotopic (exact) mass is 346 g/mol. The first-order valence-electron chi connectivity index (χ1n) is 8.97. The highest BCUT2D eigenvalue weighted by molar-refractivity contribution is 6.61. The van der Waals surface area contributed by atoms with Gasteiger partial charge in [0.1, 0.15) is 6.17 Å². The van der Waals surface area contributed by atoms with E-state index < -0.39 is 8.80 Å². The van der Waals surface area contributed by atoms with Crippen LogP contribution in [-0.4, -0.2) is 56.4 Å². The van der Waals surface area contributed by atoms with E-state index in [1.54, 1.807) is 0 Å². The van der Waals surface area contributed by atoms with Gasteiger partial charge in [0.05, 0.1) is 36.9 Å². The SMILES string of the molecule is CC(C)(C)O[Si](C[N+]1(C)CCCC1)(OC(C)(C)C)OC(C)(C)C. The summed E-state index contributed by atoms with van der Waals surface area (Å²) in [7, 11) is -0.549. The summed E-state index contributed by atoms with van der Waals surface area (Å²) in [5.41, 5.74) is -0.870. The third-order valence-electron chi connectivity index (χ3n) is 3.61. The highest BCUT2D eigenvalue weighted by Gasteiger charge is 2.56. The highest BCUT2D eigenvalue weighted by atomic mass is 28.4. The molecular formula is C18H40NO3Si+. The van der Waals surface area contributed by atoms with Gasteiger partial charge in [-0.15, -0.1) is 0 Å². The molecule has 0 aliphatic carbocycles. The van der Waals surface area contributed by atoms with E-state index in [-0.39, 0.29) is 16.8 Å². The Hall–Kier alpha value is 0.0569. The van der Waals surface area contributed by atoms with Crippen molar-refractivity contribution in [3.63, 3.8) is 0 Å². The van der Waals surface area contributed by atoms with E-state index in [0.717, 1.165) is 10.7 Å². The van der Waals surface area contributed by atoms with Crippen LogP contribution in [0.4, 0.5) is 0 Å². The van der Waals surface area contributed by atoms with E-state index >= 15 is 0 Å². The fraction of sp³-hybridized carbons (Fsp3) is 1.00. The maximum absolute atomic E-state index is 6.58. The normalized spacial score (nSPS) is 20.1. The van der Waals surface area contributed by atoms with Crippen molar-refractivity contribution in [3.05, 3.63) is 0 Å². The lowest BCUT2D eigenvalue weighted by Crippen LogP contribution is -2.66. The molecule has 23 heavy (non-hydrogen) atoms. The summed E-state index contributed by atoms with van der Waals surface area (Å²) in [5.74, 6) is 0. The van der Waals surface area contributed by atoms with Gasteiger partial charge in [-0.2, -0.15) is 0 Å². The van der Waals surface area contributed by atoms with Crippen molar-refractivity contribution in [2.45, 2.75) is 92.0 Å². The van der Waals surface area contributed by atoms with Crippen molar-refractivity contribution in [1.82, 2.24) is 0 Å². The molecule has 0 amide bonds. The molecule has 1 aliphatic heterocycles. The first-order chi connectivity index (χ1) is 10.0. The predicted octanol–water partition coefficient (Wildman–Crippen LogP) is 4.15. The van der Waals surface area contributed by atoms with Crippen molar-refractivity contribution in [3.8, 4) is 0 Å². The van der Waals surface area contributed by atoms with Crippen LogP contribution in [0, 0.1) is 0 Å². The van der Waals surface area contributed by atoms with Gasteiger partial charge in [-0.3, -0.25) is 0 Å². The van der Waals surface area contributed by atoms with Crippen LogP contribution in [-0.2, 0) is 13.3 Å². The van der Waals surface area contributed by atoms with Crippen molar-refractivity contribution in [2.24, 2.45) is 0 Å². The molecule has 0 aromatic heterocycles. The number of quaternary nitrogens is 1. The minimum absolute atomic E-state index is 0.290. The zero-order chi connectivity index (χ0) is 18.2. The fourth-order valence-corrected chi connectivity index (χ4v) is 7.65. The molecule has 4 nitrogen and oxygen atoms in total. The molecule has 138 valence electrons. The van der Waals surface area contributed by atoms with Gasteiger partial charge in [0, 0.05) is 12.8 Å². The molecule has 1 rings (SSSR count). The van der Waals surface area contributed by atoms with E-state index in [4.69, 9.17) is 13.3 Å². The van der Waals surface area contributed by atoms with Crippen molar-refractivity contribution in [2.75, 3.05) is 26.3 Å². The van der Waals surface area contributed by atoms with Gasteiger partial charge in [0.15, 0.2) is 0 Å². The second kappa shape index (κ2) is 6.75. The Morgan fingerprint density at radius 1 is 0.696 bits per heavy atom. The average Bonchev–Trinajstić information content (AvgIpc) is 2.53. The minimum Gasteiger partial charge on any atom is -0.365 e. The lowest BCUT2D eigenvalue weighted by atomic mass is 10.2. The van der Waals surface area contributed by atoms with Gasteiger partial charge >= 0.3 is 8.80 Å². The molecule has 5 heteroatoms. The van der Waals surface area contributed by atoms with Gasteiger partial charge < -0.3 is 17.8 Å². The number of nitrogens with zero attached hydrogens (tertiary/aromatic N) is 1. The molecule has 1 heterocycles. The molecule has 0 saturated carbocycles. The number of likely N-dealkylation sites (tertiary alicyclic amines) is 1. The quantitative estimate of drug-likeness (QED) is 0.553. The van der Waals surface area contributed by atoms with Crippen LogP contribution < -0.4 is 0 Å². The minimum atomic E-state index is -2.87. The van der Waals surface area contributed by atoms with Gasteiger partial charge in [-0.25, -0.2) is 0 Å². The van der Waals surface area contributed by atoms with Gasteiger partial charge in [0.2, 0.25) is 0 Å². The Morgan fingerprint density at radius 3 is 1.26 bits per heavy atom. The summed E-state index contributed by atoms with van der Waals surface area (Å²) in [6, 6.07) is 0. The van der Waals surface area contributed by atoms with Crippen LogP contribution in [0.15, 0.2) is 0 Å². The lowest BCUT2D eigenvalue weighted by molar-refractivity contribution is -0.890. The lowest BCUT2D eigenvalue weighted by Gasteiger charge is -2.45. The third kappa shape index (κ3) is 8.12. The number of rotatable bonds is 5. The summed E-state index contributed by atoms with van der Waals surface area (Å²) in [6.07, 6.45) is 3.40. The largest absolute Gasteiger partial charge is 0.560 e. The average molecular weight is 347 g/mol. The first-order valence-corrected chi connectivity index (χ1v) is 10.9. The molecule has 1 saturated heterocycles. The Bertz CT molecular complexity index is 344. The second-order valence-corrected chi connectivity index (χ2v) is 12.6. The smallest absolute Gasteiger partial charge is 0.365 e. The van der Waals surface area contributed by atoms with E-state index in [2.05, 4.69) is 69.4 Å². The third-order valence-corrected chi connectivity index (χ3v) is 7.53. The van der Waals surface area contributed by atoms with Crippen LogP contribution in [0.25, 0.3) is 0 Å². The molecule has 1 aliphatic rings. The van der Waals surface area contributed by atoms with Crippen molar-refractivity contribution < 1.29 is 17.8 Å². The summed E-state index contributed by atoms with van der Waals surface area (Å²) in [6.45, 7) is 21.2. The Kier molecular flexibility index (Phi) is 6.19. The molecule has 0 atom stereocenters. The summed E-state index contributed by atoms with van der Waals surface area (Å²) >= 11 is 0. The van der Waals surface area contributed by atoms with E-state index in [1.807, 2.05) is 0 Å². The van der Waals surface area contributed by atoms with Gasteiger partial charge in [0.25, 0.3) is 0 Å². The predicted molar refractivity (Wildman–Crippen MR) is 98.3 cm³/mol. The maximum atomic E-state index is 6.58. The molecule has 0 aromatic rings. The highest BCUT2D eigenvalue weighted by Crippen LogP contribution is 2.32. The summed E-state index contributed by atoms with van der Waals surface area (Å²) in [5, 5.41) is 0. The zero-order valence-corrected chi connectivity index (χ0v) is 18.2. The topological polar surface area (TPSA) is 27.7 Å². The Morgan fingerprint density at radius 2 is 1.00 bits per heavy atom. The molecule has 0 bridgehead atoms. The fourth-order valence-electron chi connectivity index (χ4n) is 3.28. The molecule has 0 unspecified atom stereocenters. The number of hydrogen-bond acceptors (Lipinski definition) is 3. The van der Waals surface area contributed by atoms with Gasteiger partial charge in [-0.05, 0) is 62.3 Å². The van der Waals surface area contributed by atoms with Crippen LogP contribution >= 0.6 is 0 Å². The van der Waals surface area contributed by atoms with Gasteiger partial charge in [-0.1, -0.05) is 0 Å². The van der Waals surface area contributed by atoms with Crippen LogP contribution in [0.5, 0.6) is 0 Å². The molecule has 0 spiro atoms. The van der Waals surface area contributed by atoms with Crippen molar-refractivity contribution >= 4 is 8.80 Å². The van der Waals surface area contributed by atoms with Crippen LogP contribution in [0.3, 0.4) is 0 Å². The zero-order valence-electron chi connectivity index (χ0n) is 17.2. The molecular weight excluding hydrogens is 306 g/mol. The van der Waals surface area contributed by atoms with E-state index in [9.17, 15) is 0 Å². The van der Waals surface area contributed by atoms with Crippen molar-refractivity contribution in [1.29, 1.82) is 0 Å². The summed E-state index contributed by atoms with van der Waals surface area (Å²) < 4.78 is 20.7. The second-order valence-electron chi connectivity index (χ2n) is 10.3. The van der Waals surface area contributed by atoms with Crippen LogP contribution in [0.1, 0.15) is 75.2 Å². The molecule has 0 N–H and O–H groups in total.